The van der Waals surface area contributed by atoms with Crippen molar-refractivity contribution in [3.8, 4) is 0 Å². The maximum atomic E-state index is 13.0. The van der Waals surface area contributed by atoms with E-state index in [1.54, 1.807) is 0 Å². The molecule has 3 N–H and O–H groups in total. The number of ether oxygens (including phenoxy) is 4. The van der Waals surface area contributed by atoms with Gasteiger partial charge in [-0.3, -0.25) is 37.3 Å². The van der Waals surface area contributed by atoms with E-state index in [1.165, 1.54) is 154 Å². The standard InChI is InChI=1S/C68H132O17P2/c1-7-9-11-13-14-15-21-29-34-40-46-52-67(72)84-63(56-78-65(70)50-44-36-12-10-8-2)58-82-86(74,75)80-54-62(69)55-81-87(76,77)83-59-64(57-79-66(71)51-45-39-33-28-25-20-23-27-32-38-43-49-61(5)6)85-68(73)53-47-41-35-30-24-19-17-16-18-22-26-31-37-42-48-60(3)4/h60-64,69H,7-59H2,1-6H3,(H,74,75)(H,76,77)/t62-,63+,64+/m0/s1. The zero-order valence-electron chi connectivity index (χ0n) is 56.3. The maximum Gasteiger partial charge on any atom is 0.472 e. The number of phosphoric ester groups is 2. The second-order valence-electron chi connectivity index (χ2n) is 25.5. The Hall–Kier alpha value is -1.94. The number of hydrogen-bond donors (Lipinski definition) is 3. The van der Waals surface area contributed by atoms with Gasteiger partial charge in [-0.25, -0.2) is 9.13 Å². The van der Waals surface area contributed by atoms with Gasteiger partial charge < -0.3 is 33.8 Å². The molecule has 0 spiro atoms. The van der Waals surface area contributed by atoms with Crippen molar-refractivity contribution in [2.75, 3.05) is 39.6 Å². The number of hydrogen-bond acceptors (Lipinski definition) is 15. The average Bonchev–Trinajstić information content (AvgIpc) is 3.65. The topological polar surface area (TPSA) is 237 Å². The first-order chi connectivity index (χ1) is 41.9. The van der Waals surface area contributed by atoms with Crippen LogP contribution in [0.15, 0.2) is 0 Å². The number of carbonyl (C=O) groups excluding carboxylic acids is 4. The molecule has 0 heterocycles. The summed E-state index contributed by atoms with van der Waals surface area (Å²) in [5.74, 6) is -0.571. The Bertz CT molecular complexity index is 1700. The van der Waals surface area contributed by atoms with Crippen molar-refractivity contribution in [2.24, 2.45) is 11.8 Å². The van der Waals surface area contributed by atoms with Crippen LogP contribution in [0, 0.1) is 11.8 Å². The lowest BCUT2D eigenvalue weighted by Crippen LogP contribution is -2.30. The molecular weight excluding hydrogens is 1150 g/mol. The van der Waals surface area contributed by atoms with Gasteiger partial charge in [0.2, 0.25) is 0 Å². The molecule has 0 aliphatic carbocycles. The highest BCUT2D eigenvalue weighted by Gasteiger charge is 2.30. The zero-order valence-corrected chi connectivity index (χ0v) is 58.1. The van der Waals surface area contributed by atoms with E-state index in [-0.39, 0.29) is 25.7 Å². The van der Waals surface area contributed by atoms with Crippen LogP contribution in [0.4, 0.5) is 0 Å². The Morgan fingerprint density at radius 3 is 0.782 bits per heavy atom. The Morgan fingerprint density at radius 1 is 0.310 bits per heavy atom. The molecule has 0 bridgehead atoms. The van der Waals surface area contributed by atoms with Crippen LogP contribution >= 0.6 is 15.6 Å². The van der Waals surface area contributed by atoms with Gasteiger partial charge in [-0.15, -0.1) is 0 Å². The molecule has 17 nitrogen and oxygen atoms in total. The number of rotatable bonds is 67. The molecule has 19 heteroatoms. The molecule has 0 amide bonds. The van der Waals surface area contributed by atoms with Gasteiger partial charge in [0.25, 0.3) is 0 Å². The van der Waals surface area contributed by atoms with Gasteiger partial charge >= 0.3 is 39.5 Å². The van der Waals surface area contributed by atoms with Crippen molar-refractivity contribution in [1.82, 2.24) is 0 Å². The summed E-state index contributed by atoms with van der Waals surface area (Å²) in [7, 11) is -9.89. The van der Waals surface area contributed by atoms with Crippen molar-refractivity contribution in [3.05, 3.63) is 0 Å². The molecule has 0 fully saturated rings. The first-order valence-corrected chi connectivity index (χ1v) is 38.5. The lowest BCUT2D eigenvalue weighted by molar-refractivity contribution is -0.161. The molecule has 2 unspecified atom stereocenters. The van der Waals surface area contributed by atoms with Crippen LogP contribution in [-0.4, -0.2) is 96.7 Å². The fourth-order valence-corrected chi connectivity index (χ4v) is 11.8. The molecule has 0 radical (unpaired) electrons. The minimum atomic E-state index is -4.95. The number of unbranched alkanes of at least 4 members (excludes halogenated alkanes) is 37. The molecule has 0 saturated carbocycles. The average molecular weight is 1280 g/mol. The van der Waals surface area contributed by atoms with Crippen molar-refractivity contribution >= 4 is 39.5 Å². The number of esters is 4. The van der Waals surface area contributed by atoms with Gasteiger partial charge in [-0.2, -0.15) is 0 Å². The Balaban J connectivity index is 5.16. The Kier molecular flexibility index (Phi) is 59.0. The number of carbonyl (C=O) groups is 4. The maximum absolute atomic E-state index is 13.0. The van der Waals surface area contributed by atoms with E-state index >= 15 is 0 Å². The molecule has 0 aromatic heterocycles. The second-order valence-corrected chi connectivity index (χ2v) is 28.4. The fraction of sp³-hybridized carbons (Fsp3) is 0.941. The highest BCUT2D eigenvalue weighted by Crippen LogP contribution is 2.45. The van der Waals surface area contributed by atoms with Gasteiger partial charge in [-0.1, -0.05) is 292 Å². The summed E-state index contributed by atoms with van der Waals surface area (Å²) in [5.41, 5.74) is 0. The van der Waals surface area contributed by atoms with E-state index in [1.807, 2.05) is 0 Å². The summed E-state index contributed by atoms with van der Waals surface area (Å²) >= 11 is 0. The monoisotopic (exact) mass is 1280 g/mol. The third-order valence-corrected chi connectivity index (χ3v) is 17.6. The molecule has 516 valence electrons. The Labute approximate surface area is 530 Å². The fourth-order valence-electron chi connectivity index (χ4n) is 10.2. The van der Waals surface area contributed by atoms with Crippen LogP contribution in [0.25, 0.3) is 0 Å². The van der Waals surface area contributed by atoms with Crippen LogP contribution in [0.3, 0.4) is 0 Å². The normalized spacial score (nSPS) is 14.2. The highest BCUT2D eigenvalue weighted by molar-refractivity contribution is 7.47. The summed E-state index contributed by atoms with van der Waals surface area (Å²) in [6, 6.07) is 0. The largest absolute Gasteiger partial charge is 0.472 e. The molecule has 87 heavy (non-hydrogen) atoms. The summed E-state index contributed by atoms with van der Waals surface area (Å²) in [6.45, 7) is 9.47. The van der Waals surface area contributed by atoms with Gasteiger partial charge in [0.15, 0.2) is 12.2 Å². The van der Waals surface area contributed by atoms with Crippen LogP contribution in [0.2, 0.25) is 0 Å². The van der Waals surface area contributed by atoms with E-state index < -0.39 is 97.5 Å². The van der Waals surface area contributed by atoms with E-state index in [0.29, 0.717) is 25.7 Å². The highest BCUT2D eigenvalue weighted by atomic mass is 31.2. The number of aliphatic hydroxyl groups excluding tert-OH is 1. The molecule has 0 aliphatic rings. The van der Waals surface area contributed by atoms with Gasteiger partial charge in [0, 0.05) is 25.7 Å². The number of phosphoric acid groups is 2. The molecule has 0 rings (SSSR count). The summed E-state index contributed by atoms with van der Waals surface area (Å²) in [6.07, 6.45) is 44.7. The van der Waals surface area contributed by atoms with Crippen molar-refractivity contribution in [2.45, 2.75) is 362 Å². The molecule has 5 atom stereocenters. The summed E-state index contributed by atoms with van der Waals surface area (Å²) in [4.78, 5) is 72.2. The third kappa shape index (κ3) is 62.6. The lowest BCUT2D eigenvalue weighted by atomic mass is 10.0. The first-order valence-electron chi connectivity index (χ1n) is 35.5. The zero-order chi connectivity index (χ0) is 64.3. The first kappa shape index (κ1) is 85.1. The van der Waals surface area contributed by atoms with Crippen molar-refractivity contribution in [3.63, 3.8) is 0 Å². The van der Waals surface area contributed by atoms with Gasteiger partial charge in [0.05, 0.1) is 26.4 Å². The van der Waals surface area contributed by atoms with Gasteiger partial charge in [-0.05, 0) is 37.5 Å². The minimum Gasteiger partial charge on any atom is -0.462 e. The molecule has 0 aliphatic heterocycles. The molecule has 0 aromatic rings. The van der Waals surface area contributed by atoms with Crippen LogP contribution in [-0.2, 0) is 65.4 Å². The second kappa shape index (κ2) is 60.3. The van der Waals surface area contributed by atoms with Gasteiger partial charge in [0.1, 0.15) is 19.3 Å². The smallest absolute Gasteiger partial charge is 0.462 e. The van der Waals surface area contributed by atoms with Crippen LogP contribution in [0.1, 0.15) is 343 Å². The van der Waals surface area contributed by atoms with Crippen LogP contribution < -0.4 is 0 Å². The predicted molar refractivity (Wildman–Crippen MR) is 349 cm³/mol. The predicted octanol–water partition coefficient (Wildman–Crippen LogP) is 19.2. The quantitative estimate of drug-likeness (QED) is 0.0222. The molecular formula is C68H132O17P2. The summed E-state index contributed by atoms with van der Waals surface area (Å²) in [5, 5.41) is 10.5. The lowest BCUT2D eigenvalue weighted by Gasteiger charge is -2.21. The van der Waals surface area contributed by atoms with Crippen LogP contribution in [0.5, 0.6) is 0 Å². The van der Waals surface area contributed by atoms with E-state index in [4.69, 9.17) is 37.0 Å². The van der Waals surface area contributed by atoms with E-state index in [0.717, 1.165) is 108 Å². The minimum absolute atomic E-state index is 0.106. The summed E-state index contributed by atoms with van der Waals surface area (Å²) < 4.78 is 68.0. The van der Waals surface area contributed by atoms with E-state index in [2.05, 4.69) is 41.5 Å². The third-order valence-electron chi connectivity index (χ3n) is 15.7. The SMILES string of the molecule is CCCCCCCCCCCCCC(=O)O[C@H](COC(=O)CCCCCCC)COP(=O)(O)OC[C@H](O)COP(=O)(O)OC[C@@H](COC(=O)CCCCCCCCCCCCCC(C)C)OC(=O)CCCCCCCCCCCCCCCCC(C)C. The molecule has 0 aromatic carbocycles. The van der Waals surface area contributed by atoms with E-state index in [9.17, 15) is 43.2 Å². The van der Waals surface area contributed by atoms with Crippen molar-refractivity contribution in [1.29, 1.82) is 0 Å². The Morgan fingerprint density at radius 2 is 0.529 bits per heavy atom. The molecule has 0 saturated heterocycles. The van der Waals surface area contributed by atoms with Crippen molar-refractivity contribution < 1.29 is 80.2 Å². The number of aliphatic hydroxyl groups is 1.